The van der Waals surface area contributed by atoms with Crippen LogP contribution in [0.5, 0.6) is 0 Å². The first-order chi connectivity index (χ1) is 8.04. The van der Waals surface area contributed by atoms with Crippen molar-refractivity contribution in [1.82, 2.24) is 5.32 Å². The van der Waals surface area contributed by atoms with Gasteiger partial charge < -0.3 is 16.2 Å². The van der Waals surface area contributed by atoms with Gasteiger partial charge in [0.15, 0.2) is 0 Å². The van der Waals surface area contributed by atoms with E-state index < -0.39 is 17.9 Å². The number of amides is 1. The van der Waals surface area contributed by atoms with Crippen molar-refractivity contribution >= 4 is 17.6 Å². The average Bonchev–Trinajstić information content (AvgIpc) is 2.28. The van der Waals surface area contributed by atoms with Gasteiger partial charge in [-0.15, -0.1) is 0 Å². The molecule has 0 aliphatic heterocycles. The van der Waals surface area contributed by atoms with Crippen LogP contribution in [0, 0.1) is 0 Å². The zero-order chi connectivity index (χ0) is 12.8. The Hall–Kier alpha value is -2.04. The molecule has 0 fully saturated rings. The highest BCUT2D eigenvalue weighted by atomic mass is 16.4. The van der Waals surface area contributed by atoms with Crippen molar-refractivity contribution in [2.45, 2.75) is 25.8 Å². The first kappa shape index (κ1) is 13.0. The number of carboxylic acids is 1. The van der Waals surface area contributed by atoms with Gasteiger partial charge in [-0.3, -0.25) is 4.79 Å². The Morgan fingerprint density at radius 1 is 1.47 bits per heavy atom. The Kier molecular flexibility index (Phi) is 4.51. The summed E-state index contributed by atoms with van der Waals surface area (Å²) in [4.78, 5) is 22.6. The topological polar surface area (TPSA) is 92.4 Å². The molecule has 92 valence electrons. The molecule has 0 saturated heterocycles. The van der Waals surface area contributed by atoms with Crippen molar-refractivity contribution in [3.05, 3.63) is 29.8 Å². The van der Waals surface area contributed by atoms with Crippen LogP contribution in [0.15, 0.2) is 24.3 Å². The van der Waals surface area contributed by atoms with Gasteiger partial charge >= 0.3 is 5.97 Å². The number of nitrogens with one attached hydrogen (secondary N) is 1. The average molecular weight is 236 g/mol. The van der Waals surface area contributed by atoms with E-state index in [1.54, 1.807) is 18.2 Å². The highest BCUT2D eigenvalue weighted by molar-refractivity contribution is 5.97. The monoisotopic (exact) mass is 236 g/mol. The van der Waals surface area contributed by atoms with Crippen LogP contribution >= 0.6 is 0 Å². The van der Waals surface area contributed by atoms with E-state index in [1.165, 1.54) is 6.07 Å². The second-order valence-corrected chi connectivity index (χ2v) is 3.78. The molecule has 17 heavy (non-hydrogen) atoms. The van der Waals surface area contributed by atoms with Gasteiger partial charge in [-0.1, -0.05) is 19.4 Å². The Labute approximate surface area is 99.6 Å². The third-order valence-corrected chi connectivity index (χ3v) is 2.33. The minimum atomic E-state index is -1.02. The Balaban J connectivity index is 2.73. The smallest absolute Gasteiger partial charge is 0.326 e. The van der Waals surface area contributed by atoms with Crippen molar-refractivity contribution in [3.8, 4) is 0 Å². The van der Waals surface area contributed by atoms with E-state index in [9.17, 15) is 9.59 Å². The summed E-state index contributed by atoms with van der Waals surface area (Å²) in [5, 5.41) is 11.4. The summed E-state index contributed by atoms with van der Waals surface area (Å²) in [5.41, 5.74) is 6.39. The molecular formula is C12H16N2O3. The number of rotatable bonds is 5. The number of hydrogen-bond donors (Lipinski definition) is 3. The van der Waals surface area contributed by atoms with Gasteiger partial charge in [0.2, 0.25) is 0 Å². The number of carbonyl (C=O) groups excluding carboxylic acids is 1. The van der Waals surface area contributed by atoms with Crippen molar-refractivity contribution in [3.63, 3.8) is 0 Å². The van der Waals surface area contributed by atoms with Crippen molar-refractivity contribution in [2.75, 3.05) is 5.73 Å². The summed E-state index contributed by atoms with van der Waals surface area (Å²) in [5.74, 6) is -1.44. The van der Waals surface area contributed by atoms with Gasteiger partial charge in [0.25, 0.3) is 5.91 Å². The van der Waals surface area contributed by atoms with E-state index in [0.29, 0.717) is 24.1 Å². The van der Waals surface area contributed by atoms with Crippen LogP contribution in [0.4, 0.5) is 5.69 Å². The predicted molar refractivity (Wildman–Crippen MR) is 64.7 cm³/mol. The number of nitrogens with two attached hydrogens (primary N) is 1. The molecule has 1 aromatic carbocycles. The summed E-state index contributed by atoms with van der Waals surface area (Å²) < 4.78 is 0. The molecule has 4 N–H and O–H groups in total. The van der Waals surface area contributed by atoms with Gasteiger partial charge in [0.05, 0.1) is 0 Å². The maximum Gasteiger partial charge on any atom is 0.326 e. The summed E-state index contributed by atoms with van der Waals surface area (Å²) in [6.07, 6.45) is 1.09. The number of carbonyl (C=O) groups is 2. The molecule has 0 heterocycles. The molecule has 5 heteroatoms. The third-order valence-electron chi connectivity index (χ3n) is 2.33. The largest absolute Gasteiger partial charge is 0.480 e. The van der Waals surface area contributed by atoms with Gasteiger partial charge in [-0.05, 0) is 24.6 Å². The molecule has 0 aliphatic carbocycles. The maximum atomic E-state index is 11.8. The molecule has 1 atom stereocenters. The highest BCUT2D eigenvalue weighted by Gasteiger charge is 2.19. The van der Waals surface area contributed by atoms with Crippen LogP contribution in [0.25, 0.3) is 0 Å². The molecular weight excluding hydrogens is 220 g/mol. The number of hydrogen-bond acceptors (Lipinski definition) is 3. The lowest BCUT2D eigenvalue weighted by atomic mass is 10.1. The SMILES string of the molecule is CCC[C@@H](NC(=O)c1cccc(N)c1)C(=O)O. The lowest BCUT2D eigenvalue weighted by Gasteiger charge is -2.13. The van der Waals surface area contributed by atoms with Crippen LogP contribution in [0.3, 0.4) is 0 Å². The summed E-state index contributed by atoms with van der Waals surface area (Å²) in [6.45, 7) is 1.86. The van der Waals surface area contributed by atoms with Crippen LogP contribution in [-0.2, 0) is 4.79 Å². The number of anilines is 1. The molecule has 1 rings (SSSR count). The number of carboxylic acid groups (broad SMARTS) is 1. The van der Waals surface area contributed by atoms with E-state index in [4.69, 9.17) is 10.8 Å². The molecule has 0 spiro atoms. The predicted octanol–water partition coefficient (Wildman–Crippen LogP) is 1.25. The summed E-state index contributed by atoms with van der Waals surface area (Å²) in [7, 11) is 0. The van der Waals surface area contributed by atoms with E-state index in [0.717, 1.165) is 0 Å². The molecule has 0 aromatic heterocycles. The first-order valence-electron chi connectivity index (χ1n) is 5.43. The zero-order valence-electron chi connectivity index (χ0n) is 9.64. The van der Waals surface area contributed by atoms with Crippen molar-refractivity contribution in [2.24, 2.45) is 0 Å². The molecule has 5 nitrogen and oxygen atoms in total. The quantitative estimate of drug-likeness (QED) is 0.671. The fourth-order valence-electron chi connectivity index (χ4n) is 1.47. The van der Waals surface area contributed by atoms with Gasteiger partial charge in [0.1, 0.15) is 6.04 Å². The molecule has 0 bridgehead atoms. The standard InChI is InChI=1S/C12H16N2O3/c1-2-4-10(12(16)17)14-11(15)8-5-3-6-9(13)7-8/h3,5-7,10H,2,4,13H2,1H3,(H,14,15)(H,16,17)/t10-/m1/s1. The summed E-state index contributed by atoms with van der Waals surface area (Å²) >= 11 is 0. The second-order valence-electron chi connectivity index (χ2n) is 3.78. The Morgan fingerprint density at radius 2 is 2.18 bits per heavy atom. The minimum absolute atomic E-state index is 0.368. The van der Waals surface area contributed by atoms with Crippen LogP contribution in [0.2, 0.25) is 0 Å². The lowest BCUT2D eigenvalue weighted by molar-refractivity contribution is -0.139. The minimum Gasteiger partial charge on any atom is -0.480 e. The Morgan fingerprint density at radius 3 is 2.71 bits per heavy atom. The molecule has 0 aliphatic rings. The Bertz CT molecular complexity index is 418. The van der Waals surface area contributed by atoms with E-state index >= 15 is 0 Å². The second kappa shape index (κ2) is 5.89. The van der Waals surface area contributed by atoms with Crippen molar-refractivity contribution < 1.29 is 14.7 Å². The fourth-order valence-corrected chi connectivity index (χ4v) is 1.47. The van der Waals surface area contributed by atoms with Crippen LogP contribution in [-0.4, -0.2) is 23.0 Å². The van der Waals surface area contributed by atoms with E-state index in [-0.39, 0.29) is 0 Å². The molecule has 1 amide bonds. The number of aliphatic carboxylic acids is 1. The van der Waals surface area contributed by atoms with Gasteiger partial charge in [-0.2, -0.15) is 0 Å². The molecule has 0 saturated carbocycles. The van der Waals surface area contributed by atoms with Crippen LogP contribution in [0.1, 0.15) is 30.1 Å². The number of nitrogen functional groups attached to an aromatic ring is 1. The fraction of sp³-hybridized carbons (Fsp3) is 0.333. The molecule has 1 aromatic rings. The van der Waals surface area contributed by atoms with E-state index in [1.807, 2.05) is 6.92 Å². The van der Waals surface area contributed by atoms with Crippen LogP contribution < -0.4 is 11.1 Å². The van der Waals surface area contributed by atoms with Gasteiger partial charge in [0, 0.05) is 11.3 Å². The molecule has 0 unspecified atom stereocenters. The van der Waals surface area contributed by atoms with E-state index in [2.05, 4.69) is 5.32 Å². The van der Waals surface area contributed by atoms with Crippen molar-refractivity contribution in [1.29, 1.82) is 0 Å². The first-order valence-corrected chi connectivity index (χ1v) is 5.43. The van der Waals surface area contributed by atoms with Gasteiger partial charge in [-0.25, -0.2) is 4.79 Å². The highest BCUT2D eigenvalue weighted by Crippen LogP contribution is 2.07. The normalized spacial score (nSPS) is 11.8. The maximum absolute atomic E-state index is 11.8. The molecule has 0 radical (unpaired) electrons. The lowest BCUT2D eigenvalue weighted by Crippen LogP contribution is -2.40. The zero-order valence-corrected chi connectivity index (χ0v) is 9.64. The number of benzene rings is 1. The third kappa shape index (κ3) is 3.79. The summed E-state index contributed by atoms with van der Waals surface area (Å²) in [6, 6.07) is 5.57.